The Hall–Kier alpha value is 0.210. The molecular formula is C7H16ClNO. The van der Waals surface area contributed by atoms with Crippen LogP contribution in [0.15, 0.2) is 0 Å². The molecule has 1 rings (SSSR count). The number of piperidine rings is 1. The van der Waals surface area contributed by atoms with Crippen LogP contribution in [0.1, 0.15) is 19.3 Å². The van der Waals surface area contributed by atoms with E-state index < -0.39 is 0 Å². The van der Waals surface area contributed by atoms with Gasteiger partial charge in [0.2, 0.25) is 0 Å². The summed E-state index contributed by atoms with van der Waals surface area (Å²) in [6.45, 7) is 3.63. The van der Waals surface area contributed by atoms with E-state index in [2.05, 4.69) is 4.90 Å². The van der Waals surface area contributed by atoms with Crippen molar-refractivity contribution in [3.63, 3.8) is 0 Å². The van der Waals surface area contributed by atoms with Gasteiger partial charge in [-0.1, -0.05) is 6.42 Å². The highest BCUT2D eigenvalue weighted by Crippen LogP contribution is 2.07. The maximum atomic E-state index is 5.59. The molecular weight excluding hydrogens is 150 g/mol. The number of likely N-dealkylation sites (tertiary alicyclic amines) is 1. The molecule has 10 heavy (non-hydrogen) atoms. The predicted octanol–water partition coefficient (Wildman–Crippen LogP) is 0.886. The van der Waals surface area contributed by atoms with Crippen molar-refractivity contribution < 1.29 is 5.48 Å². The quantitative estimate of drug-likeness (QED) is 0.560. The fourth-order valence-corrected chi connectivity index (χ4v) is 1.54. The van der Waals surface area contributed by atoms with Crippen LogP contribution in [0, 0.1) is 0 Å². The highest BCUT2D eigenvalue weighted by molar-refractivity contribution is 6.18. The first-order valence-electron chi connectivity index (χ1n) is 3.72. The van der Waals surface area contributed by atoms with Gasteiger partial charge in [0.05, 0.1) is 0 Å². The number of halogens is 1. The smallest absolute Gasteiger partial charge is 0.0351 e. The largest absolute Gasteiger partial charge is 0.412 e. The van der Waals surface area contributed by atoms with Crippen molar-refractivity contribution in [2.75, 3.05) is 25.5 Å². The van der Waals surface area contributed by atoms with E-state index in [0.29, 0.717) is 0 Å². The van der Waals surface area contributed by atoms with Crippen LogP contribution in [0.5, 0.6) is 0 Å². The van der Waals surface area contributed by atoms with Crippen LogP contribution in [0.4, 0.5) is 0 Å². The van der Waals surface area contributed by atoms with Crippen molar-refractivity contribution in [2.24, 2.45) is 0 Å². The second-order valence-corrected chi connectivity index (χ2v) is 2.97. The maximum Gasteiger partial charge on any atom is 0.0351 e. The third-order valence-corrected chi connectivity index (χ3v) is 2.02. The molecule has 0 aromatic rings. The lowest BCUT2D eigenvalue weighted by molar-refractivity contribution is 0.241. The van der Waals surface area contributed by atoms with Gasteiger partial charge in [-0.3, -0.25) is 0 Å². The molecule has 0 amide bonds. The van der Waals surface area contributed by atoms with Gasteiger partial charge in [-0.05, 0) is 25.9 Å². The van der Waals surface area contributed by atoms with Gasteiger partial charge in [0.15, 0.2) is 0 Å². The molecule has 0 atom stereocenters. The van der Waals surface area contributed by atoms with Crippen molar-refractivity contribution in [3.8, 4) is 0 Å². The minimum Gasteiger partial charge on any atom is -0.412 e. The minimum atomic E-state index is 0. The predicted molar refractivity (Wildman–Crippen MR) is 44.6 cm³/mol. The van der Waals surface area contributed by atoms with Gasteiger partial charge < -0.3 is 10.4 Å². The lowest BCUT2D eigenvalue weighted by atomic mass is 10.1. The van der Waals surface area contributed by atoms with Crippen molar-refractivity contribution in [1.29, 1.82) is 0 Å². The van der Waals surface area contributed by atoms with Gasteiger partial charge in [-0.2, -0.15) is 0 Å². The third kappa shape index (κ3) is 3.40. The van der Waals surface area contributed by atoms with E-state index in [1.807, 2.05) is 0 Å². The van der Waals surface area contributed by atoms with E-state index in [9.17, 15) is 0 Å². The van der Waals surface area contributed by atoms with Gasteiger partial charge in [0.25, 0.3) is 0 Å². The minimum absolute atomic E-state index is 0. The molecule has 0 aliphatic carbocycles. The number of hydrogen-bond donors (Lipinski definition) is 0. The summed E-state index contributed by atoms with van der Waals surface area (Å²) in [5.74, 6) is 0.792. The van der Waals surface area contributed by atoms with Gasteiger partial charge in [0.1, 0.15) is 0 Å². The first-order chi connectivity index (χ1) is 4.43. The summed E-state index contributed by atoms with van der Waals surface area (Å²) < 4.78 is 0. The average Bonchev–Trinajstić information content (AvgIpc) is 1.91. The van der Waals surface area contributed by atoms with Crippen LogP contribution >= 0.6 is 11.6 Å². The molecule has 62 valence electrons. The Labute approximate surface area is 67.5 Å². The first kappa shape index (κ1) is 10.2. The Kier molecular flexibility index (Phi) is 6.08. The number of hydrogen-bond acceptors (Lipinski definition) is 1. The van der Waals surface area contributed by atoms with E-state index in [1.54, 1.807) is 0 Å². The molecule has 0 saturated carbocycles. The van der Waals surface area contributed by atoms with Crippen LogP contribution < -0.4 is 0 Å². The van der Waals surface area contributed by atoms with Crippen LogP contribution in [0.25, 0.3) is 0 Å². The third-order valence-electron chi connectivity index (χ3n) is 1.85. The fraction of sp³-hybridized carbons (Fsp3) is 1.00. The molecule has 1 saturated heterocycles. The first-order valence-corrected chi connectivity index (χ1v) is 4.25. The van der Waals surface area contributed by atoms with Crippen molar-refractivity contribution in [3.05, 3.63) is 0 Å². The van der Waals surface area contributed by atoms with E-state index in [0.717, 1.165) is 12.4 Å². The molecule has 0 aromatic carbocycles. The monoisotopic (exact) mass is 165 g/mol. The second-order valence-electron chi connectivity index (χ2n) is 2.59. The summed E-state index contributed by atoms with van der Waals surface area (Å²) in [6.07, 6.45) is 4.16. The summed E-state index contributed by atoms with van der Waals surface area (Å²) in [4.78, 5) is 2.44. The highest BCUT2D eigenvalue weighted by Gasteiger charge is 2.07. The van der Waals surface area contributed by atoms with Crippen LogP contribution in [-0.2, 0) is 0 Å². The molecule has 2 nitrogen and oxygen atoms in total. The summed E-state index contributed by atoms with van der Waals surface area (Å²) in [6, 6.07) is 0. The fourth-order valence-electron chi connectivity index (χ4n) is 1.30. The lowest BCUT2D eigenvalue weighted by Gasteiger charge is -2.25. The van der Waals surface area contributed by atoms with Gasteiger partial charge in [-0.15, -0.1) is 11.6 Å². The van der Waals surface area contributed by atoms with Crippen molar-refractivity contribution in [2.45, 2.75) is 19.3 Å². The number of alkyl halides is 1. The molecule has 0 radical (unpaired) electrons. The van der Waals surface area contributed by atoms with Crippen LogP contribution in [0.2, 0.25) is 0 Å². The molecule has 1 aliphatic rings. The molecule has 0 unspecified atom stereocenters. The summed E-state index contributed by atoms with van der Waals surface area (Å²) >= 11 is 5.59. The molecule has 1 aliphatic heterocycles. The molecule has 1 heterocycles. The second kappa shape index (κ2) is 5.96. The molecule has 0 bridgehead atoms. The summed E-state index contributed by atoms with van der Waals surface area (Å²) in [5.41, 5.74) is 0. The molecule has 3 heteroatoms. The molecule has 0 aromatic heterocycles. The van der Waals surface area contributed by atoms with Crippen LogP contribution in [-0.4, -0.2) is 35.9 Å². The van der Waals surface area contributed by atoms with E-state index >= 15 is 0 Å². The standard InChI is InChI=1S/C7H14ClN.H2O/c8-4-7-9-5-2-1-3-6-9;/h1-7H2;1H2. The normalized spacial score (nSPS) is 20.1. The zero-order valence-corrected chi connectivity index (χ0v) is 7.03. The van der Waals surface area contributed by atoms with E-state index in [4.69, 9.17) is 11.6 Å². The van der Waals surface area contributed by atoms with Gasteiger partial charge in [-0.25, -0.2) is 0 Å². The zero-order valence-electron chi connectivity index (χ0n) is 6.27. The van der Waals surface area contributed by atoms with Gasteiger partial charge in [0, 0.05) is 12.4 Å². The van der Waals surface area contributed by atoms with E-state index in [-0.39, 0.29) is 5.48 Å². The Morgan fingerprint density at radius 1 is 1.10 bits per heavy atom. The van der Waals surface area contributed by atoms with Crippen LogP contribution in [0.3, 0.4) is 0 Å². The topological polar surface area (TPSA) is 34.7 Å². The lowest BCUT2D eigenvalue weighted by Crippen LogP contribution is -2.31. The molecule has 0 spiro atoms. The average molecular weight is 166 g/mol. The van der Waals surface area contributed by atoms with Crippen molar-refractivity contribution in [1.82, 2.24) is 4.90 Å². The molecule has 1 fully saturated rings. The Morgan fingerprint density at radius 2 is 1.70 bits per heavy atom. The SMILES string of the molecule is ClCCN1CCCCC1.O. The van der Waals surface area contributed by atoms with Gasteiger partial charge >= 0.3 is 0 Å². The zero-order chi connectivity index (χ0) is 6.53. The molecule has 2 N–H and O–H groups in total. The summed E-state index contributed by atoms with van der Waals surface area (Å²) in [5, 5.41) is 0. The number of rotatable bonds is 2. The maximum absolute atomic E-state index is 5.59. The highest BCUT2D eigenvalue weighted by atomic mass is 35.5. The van der Waals surface area contributed by atoms with Crippen molar-refractivity contribution >= 4 is 11.6 Å². The van der Waals surface area contributed by atoms with E-state index in [1.165, 1.54) is 32.4 Å². The Balaban J connectivity index is 0.000000810. The Morgan fingerprint density at radius 3 is 2.20 bits per heavy atom. The number of nitrogens with zero attached hydrogens (tertiary/aromatic N) is 1. The summed E-state index contributed by atoms with van der Waals surface area (Å²) in [7, 11) is 0. The Bertz CT molecular complexity index is 71.3.